The minimum atomic E-state index is -0.134. The molecule has 2 N–H and O–H groups in total. The molecule has 1 atom stereocenters. The van der Waals surface area contributed by atoms with Crippen molar-refractivity contribution in [2.45, 2.75) is 26.3 Å². The number of nitrogens with two attached hydrogens (primary N) is 1. The Balaban J connectivity index is 2.27. The van der Waals surface area contributed by atoms with Crippen LogP contribution in [0, 0.1) is 13.8 Å². The van der Waals surface area contributed by atoms with Crippen molar-refractivity contribution < 1.29 is 4.74 Å². The molecule has 0 spiro atoms. The number of rotatable bonds is 4. The summed E-state index contributed by atoms with van der Waals surface area (Å²) in [5, 5.41) is 0.677. The molecule has 2 aromatic carbocycles. The zero-order chi connectivity index (χ0) is 14.7. The second-order valence-electron chi connectivity index (χ2n) is 5.19. The van der Waals surface area contributed by atoms with E-state index in [4.69, 9.17) is 22.1 Å². The zero-order valence-electron chi connectivity index (χ0n) is 12.1. The highest BCUT2D eigenvalue weighted by atomic mass is 35.5. The molecule has 2 rings (SSSR count). The Morgan fingerprint density at radius 2 is 1.75 bits per heavy atom. The van der Waals surface area contributed by atoms with Gasteiger partial charge in [0.2, 0.25) is 0 Å². The maximum absolute atomic E-state index is 6.33. The standard InChI is InChI=1S/C17H20ClNO/c1-11-6-12(2)8-13(7-11)9-16(19)15-10-14(18)4-5-17(15)20-3/h4-8,10,16H,9,19H2,1-3H3. The first-order valence-corrected chi connectivity index (χ1v) is 7.03. The van der Waals surface area contributed by atoms with Gasteiger partial charge < -0.3 is 10.5 Å². The first-order valence-electron chi connectivity index (χ1n) is 6.66. The van der Waals surface area contributed by atoms with Gasteiger partial charge in [-0.05, 0) is 44.0 Å². The molecule has 2 aromatic rings. The molecule has 0 fully saturated rings. The van der Waals surface area contributed by atoms with E-state index in [0.29, 0.717) is 5.02 Å². The lowest BCUT2D eigenvalue weighted by atomic mass is 9.96. The first kappa shape index (κ1) is 14.9. The summed E-state index contributed by atoms with van der Waals surface area (Å²) >= 11 is 6.06. The van der Waals surface area contributed by atoms with E-state index >= 15 is 0 Å². The molecular formula is C17H20ClNO. The molecule has 0 aliphatic carbocycles. The molecule has 0 amide bonds. The Morgan fingerprint density at radius 1 is 1.10 bits per heavy atom. The summed E-state index contributed by atoms with van der Waals surface area (Å²) in [6, 6.07) is 11.9. The Labute approximate surface area is 125 Å². The van der Waals surface area contributed by atoms with Crippen LogP contribution in [0.5, 0.6) is 5.75 Å². The van der Waals surface area contributed by atoms with Gasteiger partial charge in [-0.2, -0.15) is 0 Å². The molecule has 2 nitrogen and oxygen atoms in total. The molecule has 20 heavy (non-hydrogen) atoms. The zero-order valence-corrected chi connectivity index (χ0v) is 12.9. The molecule has 0 saturated heterocycles. The normalized spacial score (nSPS) is 12.2. The van der Waals surface area contributed by atoms with Crippen molar-refractivity contribution in [2.24, 2.45) is 5.73 Å². The molecule has 0 heterocycles. The summed E-state index contributed by atoms with van der Waals surface area (Å²) in [6.07, 6.45) is 0.763. The van der Waals surface area contributed by atoms with Gasteiger partial charge in [-0.3, -0.25) is 0 Å². The van der Waals surface area contributed by atoms with Gasteiger partial charge in [0.1, 0.15) is 5.75 Å². The van der Waals surface area contributed by atoms with E-state index in [1.165, 1.54) is 16.7 Å². The van der Waals surface area contributed by atoms with Crippen molar-refractivity contribution in [2.75, 3.05) is 7.11 Å². The fraction of sp³-hybridized carbons (Fsp3) is 0.294. The number of hydrogen-bond acceptors (Lipinski definition) is 2. The highest BCUT2D eigenvalue weighted by Crippen LogP contribution is 2.29. The summed E-state index contributed by atoms with van der Waals surface area (Å²) in [5.41, 5.74) is 11.0. The number of benzene rings is 2. The number of ether oxygens (including phenoxy) is 1. The average molecular weight is 290 g/mol. The predicted octanol–water partition coefficient (Wildman–Crippen LogP) is 4.21. The number of hydrogen-bond donors (Lipinski definition) is 1. The highest BCUT2D eigenvalue weighted by Gasteiger charge is 2.13. The quantitative estimate of drug-likeness (QED) is 0.915. The second-order valence-corrected chi connectivity index (χ2v) is 5.63. The minimum Gasteiger partial charge on any atom is -0.496 e. The van der Waals surface area contributed by atoms with Crippen LogP contribution in [-0.2, 0) is 6.42 Å². The summed E-state index contributed by atoms with van der Waals surface area (Å²) in [5.74, 6) is 0.784. The van der Waals surface area contributed by atoms with Gasteiger partial charge in [0.05, 0.1) is 7.11 Å². The van der Waals surface area contributed by atoms with Crippen LogP contribution >= 0.6 is 11.6 Å². The van der Waals surface area contributed by atoms with Crippen LogP contribution in [-0.4, -0.2) is 7.11 Å². The lowest BCUT2D eigenvalue weighted by Gasteiger charge is -2.17. The molecule has 3 heteroatoms. The smallest absolute Gasteiger partial charge is 0.123 e. The van der Waals surface area contributed by atoms with Gasteiger partial charge in [0, 0.05) is 16.6 Å². The van der Waals surface area contributed by atoms with Gasteiger partial charge in [-0.15, -0.1) is 0 Å². The molecule has 0 aromatic heterocycles. The van der Waals surface area contributed by atoms with Crippen molar-refractivity contribution in [3.05, 3.63) is 63.7 Å². The summed E-state index contributed by atoms with van der Waals surface area (Å²) in [4.78, 5) is 0. The summed E-state index contributed by atoms with van der Waals surface area (Å²) < 4.78 is 5.37. The number of aryl methyl sites for hydroxylation is 2. The van der Waals surface area contributed by atoms with E-state index in [1.807, 2.05) is 18.2 Å². The third-order valence-electron chi connectivity index (χ3n) is 3.33. The van der Waals surface area contributed by atoms with Crippen LogP contribution in [0.3, 0.4) is 0 Å². The largest absolute Gasteiger partial charge is 0.496 e. The van der Waals surface area contributed by atoms with Crippen molar-refractivity contribution in [1.82, 2.24) is 0 Å². The van der Waals surface area contributed by atoms with Crippen LogP contribution in [0.1, 0.15) is 28.3 Å². The topological polar surface area (TPSA) is 35.2 Å². The maximum atomic E-state index is 6.33. The van der Waals surface area contributed by atoms with Gasteiger partial charge in [-0.1, -0.05) is 40.9 Å². The van der Waals surface area contributed by atoms with E-state index in [-0.39, 0.29) is 6.04 Å². The number of halogens is 1. The van der Waals surface area contributed by atoms with E-state index in [2.05, 4.69) is 32.0 Å². The fourth-order valence-corrected chi connectivity index (χ4v) is 2.73. The van der Waals surface area contributed by atoms with Crippen LogP contribution in [0.4, 0.5) is 0 Å². The van der Waals surface area contributed by atoms with E-state index in [9.17, 15) is 0 Å². The van der Waals surface area contributed by atoms with Crippen LogP contribution in [0.25, 0.3) is 0 Å². The van der Waals surface area contributed by atoms with Crippen molar-refractivity contribution in [3.8, 4) is 5.75 Å². The van der Waals surface area contributed by atoms with E-state index < -0.39 is 0 Å². The van der Waals surface area contributed by atoms with Crippen molar-refractivity contribution in [1.29, 1.82) is 0 Å². The van der Waals surface area contributed by atoms with E-state index in [1.54, 1.807) is 7.11 Å². The first-order chi connectivity index (χ1) is 9.49. The molecule has 0 aliphatic rings. The van der Waals surface area contributed by atoms with Crippen LogP contribution in [0.15, 0.2) is 36.4 Å². The molecule has 0 aliphatic heterocycles. The van der Waals surface area contributed by atoms with Gasteiger partial charge in [0.25, 0.3) is 0 Å². The van der Waals surface area contributed by atoms with Gasteiger partial charge in [-0.25, -0.2) is 0 Å². The predicted molar refractivity (Wildman–Crippen MR) is 84.6 cm³/mol. The monoisotopic (exact) mass is 289 g/mol. The molecule has 0 saturated carbocycles. The van der Waals surface area contributed by atoms with E-state index in [0.717, 1.165) is 17.7 Å². The van der Waals surface area contributed by atoms with Crippen LogP contribution < -0.4 is 10.5 Å². The molecule has 0 radical (unpaired) electrons. The Bertz CT molecular complexity index is 590. The van der Waals surface area contributed by atoms with Crippen LogP contribution in [0.2, 0.25) is 5.02 Å². The number of methoxy groups -OCH3 is 1. The average Bonchev–Trinajstić information content (AvgIpc) is 2.37. The third-order valence-corrected chi connectivity index (χ3v) is 3.56. The van der Waals surface area contributed by atoms with Gasteiger partial charge >= 0.3 is 0 Å². The van der Waals surface area contributed by atoms with Crippen molar-refractivity contribution >= 4 is 11.6 Å². The second kappa shape index (κ2) is 6.29. The molecule has 0 bridgehead atoms. The van der Waals surface area contributed by atoms with Crippen molar-refractivity contribution in [3.63, 3.8) is 0 Å². The minimum absolute atomic E-state index is 0.134. The summed E-state index contributed by atoms with van der Waals surface area (Å²) in [7, 11) is 1.65. The molecule has 106 valence electrons. The van der Waals surface area contributed by atoms with Gasteiger partial charge in [0.15, 0.2) is 0 Å². The lowest BCUT2D eigenvalue weighted by molar-refractivity contribution is 0.405. The Morgan fingerprint density at radius 3 is 2.35 bits per heavy atom. The Hall–Kier alpha value is -1.51. The summed E-state index contributed by atoms with van der Waals surface area (Å²) in [6.45, 7) is 4.20. The molecular weight excluding hydrogens is 270 g/mol. The molecule has 1 unspecified atom stereocenters. The SMILES string of the molecule is COc1ccc(Cl)cc1C(N)Cc1cc(C)cc(C)c1. The third kappa shape index (κ3) is 3.53. The highest BCUT2D eigenvalue weighted by molar-refractivity contribution is 6.30. The lowest BCUT2D eigenvalue weighted by Crippen LogP contribution is -2.14. The fourth-order valence-electron chi connectivity index (χ4n) is 2.55. The Kier molecular flexibility index (Phi) is 4.69. The maximum Gasteiger partial charge on any atom is 0.123 e.